The van der Waals surface area contributed by atoms with Crippen molar-refractivity contribution in [1.29, 1.82) is 0 Å². The lowest BCUT2D eigenvalue weighted by Crippen LogP contribution is -2.24. The van der Waals surface area contributed by atoms with Gasteiger partial charge in [-0.05, 0) is 31.0 Å². The highest BCUT2D eigenvalue weighted by Gasteiger charge is 2.46. The van der Waals surface area contributed by atoms with E-state index in [1.165, 1.54) is 0 Å². The van der Waals surface area contributed by atoms with Gasteiger partial charge in [0.1, 0.15) is 5.75 Å². The molecule has 0 bridgehead atoms. The number of ether oxygens (including phenoxy) is 1. The molecule has 92 valence electrons. The molecule has 4 nitrogen and oxygen atoms in total. The fraction of sp³-hybridized carbons (Fsp3) is 0.462. The molecule has 2 atom stereocenters. The maximum absolute atomic E-state index is 10.9. The van der Waals surface area contributed by atoms with E-state index in [2.05, 4.69) is 0 Å². The van der Waals surface area contributed by atoms with Crippen LogP contribution in [-0.2, 0) is 4.79 Å². The third-order valence-electron chi connectivity index (χ3n) is 3.29. The van der Waals surface area contributed by atoms with Gasteiger partial charge >= 0.3 is 5.97 Å². The van der Waals surface area contributed by atoms with Gasteiger partial charge in [-0.3, -0.25) is 4.79 Å². The molecule has 1 aliphatic carbocycles. The van der Waals surface area contributed by atoms with Crippen LogP contribution < -0.4 is 9.64 Å². The monoisotopic (exact) mass is 235 g/mol. The van der Waals surface area contributed by atoms with Crippen LogP contribution in [0.4, 0.5) is 5.69 Å². The predicted octanol–water partition coefficient (Wildman–Crippen LogP) is 1.91. The van der Waals surface area contributed by atoms with Crippen molar-refractivity contribution < 1.29 is 14.6 Å². The molecule has 1 saturated carbocycles. The number of carboxylic acid groups (broad SMARTS) is 1. The summed E-state index contributed by atoms with van der Waals surface area (Å²) in [5.41, 5.74) is 2.10. The van der Waals surface area contributed by atoms with Crippen LogP contribution >= 0.6 is 0 Å². The van der Waals surface area contributed by atoms with E-state index in [1.807, 2.05) is 37.1 Å². The molecule has 1 aliphatic rings. The Hall–Kier alpha value is -1.71. The van der Waals surface area contributed by atoms with Crippen LogP contribution in [-0.4, -0.2) is 31.3 Å². The highest BCUT2D eigenvalue weighted by molar-refractivity contribution is 5.76. The number of aryl methyl sites for hydroxylation is 1. The minimum atomic E-state index is -0.714. The Morgan fingerprint density at radius 3 is 2.76 bits per heavy atom. The number of anilines is 1. The van der Waals surface area contributed by atoms with E-state index in [-0.39, 0.29) is 12.0 Å². The van der Waals surface area contributed by atoms with Gasteiger partial charge in [-0.25, -0.2) is 0 Å². The maximum atomic E-state index is 10.9. The Morgan fingerprint density at radius 1 is 1.53 bits per heavy atom. The Kier molecular flexibility index (Phi) is 2.96. The number of benzene rings is 1. The number of aliphatic carboxylic acids is 1. The fourth-order valence-electron chi connectivity index (χ4n) is 2.13. The van der Waals surface area contributed by atoms with E-state index in [0.717, 1.165) is 17.0 Å². The molecule has 4 heteroatoms. The SMILES string of the molecule is COc1ccc(C)cc1N(C)C1CC1C(=O)O. The van der Waals surface area contributed by atoms with E-state index in [1.54, 1.807) is 7.11 Å². The van der Waals surface area contributed by atoms with Gasteiger partial charge in [0.05, 0.1) is 18.7 Å². The topological polar surface area (TPSA) is 49.8 Å². The molecular weight excluding hydrogens is 218 g/mol. The number of hydrogen-bond acceptors (Lipinski definition) is 3. The van der Waals surface area contributed by atoms with Gasteiger partial charge in [0, 0.05) is 13.1 Å². The highest BCUT2D eigenvalue weighted by Crippen LogP contribution is 2.40. The molecule has 0 radical (unpaired) electrons. The first kappa shape index (κ1) is 11.8. The molecule has 1 N–H and O–H groups in total. The molecule has 0 amide bonds. The predicted molar refractivity (Wildman–Crippen MR) is 65.7 cm³/mol. The van der Waals surface area contributed by atoms with Crippen molar-refractivity contribution in [3.8, 4) is 5.75 Å². The van der Waals surface area contributed by atoms with Gasteiger partial charge in [0.15, 0.2) is 0 Å². The van der Waals surface area contributed by atoms with Crippen molar-refractivity contribution in [2.45, 2.75) is 19.4 Å². The molecule has 1 aromatic carbocycles. The summed E-state index contributed by atoms with van der Waals surface area (Å²) in [6.07, 6.45) is 0.711. The van der Waals surface area contributed by atoms with Gasteiger partial charge in [-0.1, -0.05) is 6.07 Å². The van der Waals surface area contributed by atoms with Gasteiger partial charge in [0.2, 0.25) is 0 Å². The molecule has 17 heavy (non-hydrogen) atoms. The molecule has 0 heterocycles. The van der Waals surface area contributed by atoms with Crippen LogP contribution in [0, 0.1) is 12.8 Å². The molecule has 0 aromatic heterocycles. The van der Waals surface area contributed by atoms with Crippen LogP contribution in [0.5, 0.6) is 5.75 Å². The minimum Gasteiger partial charge on any atom is -0.495 e. The van der Waals surface area contributed by atoms with E-state index >= 15 is 0 Å². The third-order valence-corrected chi connectivity index (χ3v) is 3.29. The van der Waals surface area contributed by atoms with Crippen molar-refractivity contribution >= 4 is 11.7 Å². The second kappa shape index (κ2) is 4.28. The second-order valence-electron chi connectivity index (χ2n) is 4.53. The van der Waals surface area contributed by atoms with E-state index in [4.69, 9.17) is 9.84 Å². The number of methoxy groups -OCH3 is 1. The first-order valence-electron chi connectivity index (χ1n) is 5.65. The smallest absolute Gasteiger partial charge is 0.308 e. The summed E-state index contributed by atoms with van der Waals surface area (Å²) in [5, 5.41) is 8.94. The van der Waals surface area contributed by atoms with E-state index in [0.29, 0.717) is 6.42 Å². The number of rotatable bonds is 4. The van der Waals surface area contributed by atoms with Crippen molar-refractivity contribution in [3.05, 3.63) is 23.8 Å². The molecule has 0 aliphatic heterocycles. The lowest BCUT2D eigenvalue weighted by molar-refractivity contribution is -0.138. The van der Waals surface area contributed by atoms with E-state index < -0.39 is 5.97 Å². The molecule has 1 aromatic rings. The Labute approximate surface area is 101 Å². The Morgan fingerprint density at radius 2 is 2.24 bits per heavy atom. The molecule has 0 saturated heterocycles. The number of carboxylic acids is 1. The third kappa shape index (κ3) is 2.20. The average molecular weight is 235 g/mol. The molecule has 0 spiro atoms. The zero-order valence-corrected chi connectivity index (χ0v) is 10.3. The van der Waals surface area contributed by atoms with Crippen molar-refractivity contribution in [3.63, 3.8) is 0 Å². The quantitative estimate of drug-likeness (QED) is 0.866. The van der Waals surface area contributed by atoms with Crippen LogP contribution in [0.1, 0.15) is 12.0 Å². The van der Waals surface area contributed by atoms with Crippen molar-refractivity contribution in [1.82, 2.24) is 0 Å². The summed E-state index contributed by atoms with van der Waals surface area (Å²) in [5.74, 6) is -0.173. The Bertz CT molecular complexity index is 444. The minimum absolute atomic E-state index is 0.0863. The van der Waals surface area contributed by atoms with Crippen molar-refractivity contribution in [2.75, 3.05) is 19.1 Å². The fourth-order valence-corrected chi connectivity index (χ4v) is 2.13. The molecule has 2 rings (SSSR count). The van der Waals surface area contributed by atoms with Gasteiger partial charge < -0.3 is 14.7 Å². The first-order chi connectivity index (χ1) is 8.04. The summed E-state index contributed by atoms with van der Waals surface area (Å²) in [6, 6.07) is 6.01. The molecular formula is C13H17NO3. The lowest BCUT2D eigenvalue weighted by Gasteiger charge is -2.22. The van der Waals surface area contributed by atoms with Crippen LogP contribution in [0.25, 0.3) is 0 Å². The molecule has 2 unspecified atom stereocenters. The van der Waals surface area contributed by atoms with Gasteiger partial charge in [0.25, 0.3) is 0 Å². The molecule has 1 fully saturated rings. The zero-order valence-electron chi connectivity index (χ0n) is 10.3. The normalized spacial score (nSPS) is 22.1. The second-order valence-corrected chi connectivity index (χ2v) is 4.53. The highest BCUT2D eigenvalue weighted by atomic mass is 16.5. The number of carbonyl (C=O) groups is 1. The first-order valence-corrected chi connectivity index (χ1v) is 5.65. The standard InChI is InChI=1S/C13H17NO3/c1-8-4-5-12(17-3)11(6-8)14(2)10-7-9(10)13(15)16/h4-6,9-10H,7H2,1-3H3,(H,15,16). The number of hydrogen-bond donors (Lipinski definition) is 1. The summed E-state index contributed by atoms with van der Waals surface area (Å²) < 4.78 is 5.31. The largest absolute Gasteiger partial charge is 0.495 e. The number of nitrogens with zero attached hydrogens (tertiary/aromatic N) is 1. The summed E-state index contributed by atoms with van der Waals surface area (Å²) in [7, 11) is 3.55. The average Bonchev–Trinajstić information content (AvgIpc) is 3.08. The Balaban J connectivity index is 2.22. The van der Waals surface area contributed by atoms with Crippen molar-refractivity contribution in [2.24, 2.45) is 5.92 Å². The summed E-state index contributed by atoms with van der Waals surface area (Å²) >= 11 is 0. The van der Waals surface area contributed by atoms with E-state index in [9.17, 15) is 4.79 Å². The summed E-state index contributed by atoms with van der Waals surface area (Å²) in [6.45, 7) is 2.01. The lowest BCUT2D eigenvalue weighted by atomic mass is 10.2. The zero-order chi connectivity index (χ0) is 12.6. The van der Waals surface area contributed by atoms with Crippen LogP contribution in [0.15, 0.2) is 18.2 Å². The summed E-state index contributed by atoms with van der Waals surface area (Å²) in [4.78, 5) is 12.9. The van der Waals surface area contributed by atoms with Crippen LogP contribution in [0.3, 0.4) is 0 Å². The van der Waals surface area contributed by atoms with Gasteiger partial charge in [-0.15, -0.1) is 0 Å². The maximum Gasteiger partial charge on any atom is 0.308 e. The van der Waals surface area contributed by atoms with Crippen LogP contribution in [0.2, 0.25) is 0 Å². The van der Waals surface area contributed by atoms with Gasteiger partial charge in [-0.2, -0.15) is 0 Å².